The average molecular weight is 394 g/mol. The van der Waals surface area contributed by atoms with Gasteiger partial charge in [0.15, 0.2) is 5.75 Å². The van der Waals surface area contributed by atoms with E-state index in [2.05, 4.69) is 11.4 Å². The molecule has 1 aromatic heterocycles. The second-order valence-corrected chi connectivity index (χ2v) is 6.48. The zero-order valence-electron chi connectivity index (χ0n) is 15.5. The van der Waals surface area contributed by atoms with Gasteiger partial charge >= 0.3 is 0 Å². The molecule has 5 nitrogen and oxygen atoms in total. The lowest BCUT2D eigenvalue weighted by Crippen LogP contribution is -2.09. The van der Waals surface area contributed by atoms with E-state index in [1.54, 1.807) is 24.3 Å². The zero-order valence-corrected chi connectivity index (χ0v) is 16.2. The fraction of sp³-hybridized carbons (Fsp3) is 0.182. The summed E-state index contributed by atoms with van der Waals surface area (Å²) >= 11 is 6.15. The number of carbonyl (C=O) groups excluding carboxylic acids is 1. The molecule has 6 heteroatoms. The third-order valence-corrected chi connectivity index (χ3v) is 4.51. The summed E-state index contributed by atoms with van der Waals surface area (Å²) in [4.78, 5) is 12.4. The van der Waals surface area contributed by atoms with Crippen LogP contribution >= 0.6 is 11.6 Å². The molecule has 1 N–H and O–H groups in total. The van der Waals surface area contributed by atoms with Gasteiger partial charge in [-0.15, -0.1) is 0 Å². The van der Waals surface area contributed by atoms with Crippen molar-refractivity contribution in [3.05, 3.63) is 65.3 Å². The second-order valence-electron chi connectivity index (χ2n) is 6.08. The van der Waals surface area contributed by atoms with Crippen LogP contribution in [0.15, 0.2) is 54.7 Å². The molecule has 0 bridgehead atoms. The lowest BCUT2D eigenvalue weighted by atomic mass is 10.1. The van der Waals surface area contributed by atoms with E-state index in [1.807, 2.05) is 42.0 Å². The molecule has 142 valence electrons. The minimum absolute atomic E-state index is 0.280. The molecule has 0 spiro atoms. The van der Waals surface area contributed by atoms with E-state index in [4.69, 9.17) is 21.6 Å². The standard InChI is InChI=1S/C22H20ClN3O2/c1-2-28-22-18(23)8-5-9-19(22)25-21(27)12-11-16-15-26(14-6-13-24)20-10-4-3-7-17(16)20/h3-5,7-12,15H,2,6,14H2,1H3,(H,25,27)/b12-11+. The first-order chi connectivity index (χ1) is 13.6. The minimum Gasteiger partial charge on any atom is -0.490 e. The lowest BCUT2D eigenvalue weighted by molar-refractivity contribution is -0.111. The highest BCUT2D eigenvalue weighted by Crippen LogP contribution is 2.33. The predicted molar refractivity (Wildman–Crippen MR) is 112 cm³/mol. The molecule has 0 atom stereocenters. The van der Waals surface area contributed by atoms with Crippen LogP contribution in [-0.2, 0) is 11.3 Å². The van der Waals surface area contributed by atoms with Gasteiger partial charge in [-0.1, -0.05) is 35.9 Å². The van der Waals surface area contributed by atoms with Crippen LogP contribution in [-0.4, -0.2) is 17.1 Å². The first-order valence-corrected chi connectivity index (χ1v) is 9.37. The van der Waals surface area contributed by atoms with Crippen LogP contribution in [0.3, 0.4) is 0 Å². The summed E-state index contributed by atoms with van der Waals surface area (Å²) in [5.41, 5.74) is 2.48. The van der Waals surface area contributed by atoms with E-state index >= 15 is 0 Å². The van der Waals surface area contributed by atoms with Crippen molar-refractivity contribution in [2.75, 3.05) is 11.9 Å². The predicted octanol–water partition coefficient (Wildman–Crippen LogP) is 5.26. The number of para-hydroxylation sites is 2. The number of nitrogens with zero attached hydrogens (tertiary/aromatic N) is 2. The summed E-state index contributed by atoms with van der Waals surface area (Å²) in [5, 5.41) is 13.1. The first kappa shape index (κ1) is 19.5. The average Bonchev–Trinajstić information content (AvgIpc) is 3.05. The third-order valence-electron chi connectivity index (χ3n) is 4.21. The van der Waals surface area contributed by atoms with E-state index in [1.165, 1.54) is 6.08 Å². The smallest absolute Gasteiger partial charge is 0.248 e. The van der Waals surface area contributed by atoms with E-state index in [0.717, 1.165) is 16.5 Å². The number of halogens is 1. The fourth-order valence-electron chi connectivity index (χ4n) is 3.00. The number of hydrogen-bond acceptors (Lipinski definition) is 3. The van der Waals surface area contributed by atoms with Crippen molar-refractivity contribution in [2.24, 2.45) is 0 Å². The van der Waals surface area contributed by atoms with E-state index < -0.39 is 0 Å². The number of fused-ring (bicyclic) bond motifs is 1. The number of anilines is 1. The van der Waals surface area contributed by atoms with Crippen molar-refractivity contribution >= 4 is 40.2 Å². The van der Waals surface area contributed by atoms with Crippen molar-refractivity contribution in [3.8, 4) is 11.8 Å². The molecular weight excluding hydrogens is 374 g/mol. The molecular formula is C22H20ClN3O2. The normalized spacial score (nSPS) is 10.9. The molecule has 2 aromatic carbocycles. The zero-order chi connectivity index (χ0) is 19.9. The van der Waals surface area contributed by atoms with E-state index in [0.29, 0.717) is 36.0 Å². The number of carbonyl (C=O) groups is 1. The molecule has 0 fully saturated rings. The Kier molecular flexibility index (Phi) is 6.36. The first-order valence-electron chi connectivity index (χ1n) is 8.99. The number of nitrogens with one attached hydrogen (secondary N) is 1. The van der Waals surface area contributed by atoms with Gasteiger partial charge in [0.2, 0.25) is 5.91 Å². The Bertz CT molecular complexity index is 1060. The molecule has 28 heavy (non-hydrogen) atoms. The number of aryl methyl sites for hydroxylation is 1. The molecule has 0 unspecified atom stereocenters. The molecule has 0 saturated heterocycles. The quantitative estimate of drug-likeness (QED) is 0.557. The van der Waals surface area contributed by atoms with Crippen molar-refractivity contribution in [2.45, 2.75) is 19.9 Å². The van der Waals surface area contributed by atoms with Crippen molar-refractivity contribution in [3.63, 3.8) is 0 Å². The number of hydrogen-bond donors (Lipinski definition) is 1. The van der Waals surface area contributed by atoms with Crippen LogP contribution in [0.2, 0.25) is 5.02 Å². The SMILES string of the molecule is CCOc1c(Cl)cccc1NC(=O)/C=C/c1cn(CCC#N)c2ccccc12. The van der Waals surface area contributed by atoms with Crippen LogP contribution < -0.4 is 10.1 Å². The molecule has 0 aliphatic rings. The maximum atomic E-state index is 12.4. The fourth-order valence-corrected chi connectivity index (χ4v) is 3.23. The molecule has 3 rings (SSSR count). The van der Waals surface area contributed by atoms with E-state index in [9.17, 15) is 4.79 Å². The Hall–Kier alpha value is -3.23. The third kappa shape index (κ3) is 4.36. The summed E-state index contributed by atoms with van der Waals surface area (Å²) in [6, 6.07) is 15.3. The minimum atomic E-state index is -0.280. The highest BCUT2D eigenvalue weighted by Gasteiger charge is 2.10. The summed E-state index contributed by atoms with van der Waals surface area (Å²) in [7, 11) is 0. The highest BCUT2D eigenvalue weighted by molar-refractivity contribution is 6.32. The Morgan fingerprint density at radius 2 is 2.11 bits per heavy atom. The largest absolute Gasteiger partial charge is 0.490 e. The maximum absolute atomic E-state index is 12.4. The number of aromatic nitrogens is 1. The van der Waals surface area contributed by atoms with Crippen LogP contribution in [0, 0.1) is 11.3 Å². The molecule has 1 heterocycles. The van der Waals surface area contributed by atoms with Gasteiger partial charge in [-0.25, -0.2) is 0 Å². The molecule has 0 saturated carbocycles. The molecule has 0 aliphatic carbocycles. The van der Waals surface area contributed by atoms with Gasteiger partial charge < -0.3 is 14.6 Å². The van der Waals surface area contributed by atoms with Gasteiger partial charge in [0, 0.05) is 35.3 Å². The maximum Gasteiger partial charge on any atom is 0.248 e. The summed E-state index contributed by atoms with van der Waals surface area (Å²) < 4.78 is 7.56. The van der Waals surface area contributed by atoms with Crippen molar-refractivity contribution in [1.29, 1.82) is 5.26 Å². The van der Waals surface area contributed by atoms with Crippen molar-refractivity contribution < 1.29 is 9.53 Å². The van der Waals surface area contributed by atoms with Gasteiger partial charge in [0.1, 0.15) is 0 Å². The number of ether oxygens (including phenoxy) is 1. The van der Waals surface area contributed by atoms with Gasteiger partial charge in [0.05, 0.1) is 29.8 Å². The number of rotatable bonds is 7. The Morgan fingerprint density at radius 1 is 1.29 bits per heavy atom. The summed E-state index contributed by atoms with van der Waals surface area (Å²) in [6.45, 7) is 2.92. The number of benzene rings is 2. The van der Waals surface area contributed by atoms with Gasteiger partial charge in [-0.05, 0) is 31.2 Å². The second kappa shape index (κ2) is 9.12. The van der Waals surface area contributed by atoms with Crippen LogP contribution in [0.5, 0.6) is 5.75 Å². The Morgan fingerprint density at radius 3 is 2.89 bits per heavy atom. The summed E-state index contributed by atoms with van der Waals surface area (Å²) in [5.74, 6) is 0.179. The summed E-state index contributed by atoms with van der Waals surface area (Å²) in [6.07, 6.45) is 5.63. The number of nitriles is 1. The highest BCUT2D eigenvalue weighted by atomic mass is 35.5. The van der Waals surface area contributed by atoms with Crippen LogP contribution in [0.1, 0.15) is 18.9 Å². The Labute approximate surface area is 168 Å². The number of amides is 1. The van der Waals surface area contributed by atoms with Crippen LogP contribution in [0.4, 0.5) is 5.69 Å². The van der Waals surface area contributed by atoms with Crippen LogP contribution in [0.25, 0.3) is 17.0 Å². The topological polar surface area (TPSA) is 67.0 Å². The molecule has 0 radical (unpaired) electrons. The van der Waals surface area contributed by atoms with Gasteiger partial charge in [-0.3, -0.25) is 4.79 Å². The lowest BCUT2D eigenvalue weighted by Gasteiger charge is -2.11. The molecule has 0 aliphatic heterocycles. The van der Waals surface area contributed by atoms with Gasteiger partial charge in [-0.2, -0.15) is 5.26 Å². The molecule has 1 amide bonds. The van der Waals surface area contributed by atoms with E-state index in [-0.39, 0.29) is 5.91 Å². The van der Waals surface area contributed by atoms with Gasteiger partial charge in [0.25, 0.3) is 0 Å². The monoisotopic (exact) mass is 393 g/mol. The van der Waals surface area contributed by atoms with Crippen molar-refractivity contribution in [1.82, 2.24) is 4.57 Å². The Balaban J connectivity index is 1.82. The molecule has 3 aromatic rings.